The minimum absolute atomic E-state index is 0.119. The number of ketones is 1. The lowest BCUT2D eigenvalue weighted by Crippen LogP contribution is -2.20. The highest BCUT2D eigenvalue weighted by Crippen LogP contribution is 2.29. The lowest BCUT2D eigenvalue weighted by atomic mass is 10.1. The summed E-state index contributed by atoms with van der Waals surface area (Å²) in [4.78, 5) is 29.3. The van der Waals surface area contributed by atoms with Crippen LogP contribution in [0.1, 0.15) is 22.3 Å². The lowest BCUT2D eigenvalue weighted by molar-refractivity contribution is -0.118. The molecule has 0 aromatic heterocycles. The number of para-hydroxylation sites is 1. The van der Waals surface area contributed by atoms with Gasteiger partial charge in [0.15, 0.2) is 29.1 Å². The maximum Gasteiger partial charge on any atom is 0.262 e. The number of rotatable bonds is 9. The Morgan fingerprint density at radius 2 is 1.89 bits per heavy atom. The predicted octanol–water partition coefficient (Wildman–Crippen LogP) is 6.17. The summed E-state index contributed by atoms with van der Waals surface area (Å²) >= 11 is 7.77. The summed E-state index contributed by atoms with van der Waals surface area (Å²) < 4.78 is 11.0. The van der Waals surface area contributed by atoms with E-state index in [-0.39, 0.29) is 18.3 Å². The van der Waals surface area contributed by atoms with Crippen LogP contribution >= 0.6 is 23.4 Å². The number of hydrogen-bond acceptors (Lipinski definition) is 7. The van der Waals surface area contributed by atoms with Gasteiger partial charge in [-0.2, -0.15) is 0 Å². The Morgan fingerprint density at radius 1 is 1.08 bits per heavy atom. The maximum atomic E-state index is 12.6. The predicted molar refractivity (Wildman–Crippen MR) is 151 cm³/mol. The van der Waals surface area contributed by atoms with Crippen LogP contribution in [0.2, 0.25) is 5.02 Å². The van der Waals surface area contributed by atoms with Crippen molar-refractivity contribution in [1.82, 2.24) is 0 Å². The minimum atomic E-state index is -0.351. The monoisotopic (exact) mass is 535 g/mol. The topological polar surface area (TPSA) is 89.0 Å². The molecular formula is C28H26ClN3O4S. The van der Waals surface area contributed by atoms with E-state index in [1.54, 1.807) is 72.4 Å². The molecule has 3 aromatic rings. The number of carbonyl (C=O) groups is 2. The van der Waals surface area contributed by atoms with Crippen molar-refractivity contribution in [3.63, 3.8) is 0 Å². The second kappa shape index (κ2) is 13.0. The first-order valence-corrected chi connectivity index (χ1v) is 13.0. The van der Waals surface area contributed by atoms with E-state index in [0.29, 0.717) is 27.8 Å². The summed E-state index contributed by atoms with van der Waals surface area (Å²) in [5, 5.41) is 7.34. The van der Waals surface area contributed by atoms with Gasteiger partial charge in [0.05, 0.1) is 17.8 Å². The molecule has 4 rings (SSSR count). The largest absolute Gasteiger partial charge is 0.493 e. The zero-order valence-electron chi connectivity index (χ0n) is 20.2. The van der Waals surface area contributed by atoms with Crippen molar-refractivity contribution >= 4 is 57.7 Å². The number of anilines is 2. The summed E-state index contributed by atoms with van der Waals surface area (Å²) in [5.41, 5.74) is 2.74. The molecule has 9 heteroatoms. The van der Waals surface area contributed by atoms with Crippen LogP contribution in [-0.2, 0) is 4.79 Å². The van der Waals surface area contributed by atoms with Crippen molar-refractivity contribution in [1.29, 1.82) is 0 Å². The average molecular weight is 536 g/mol. The van der Waals surface area contributed by atoms with E-state index in [4.69, 9.17) is 21.1 Å². The zero-order valence-corrected chi connectivity index (χ0v) is 21.8. The molecule has 1 aliphatic rings. The van der Waals surface area contributed by atoms with E-state index in [0.717, 1.165) is 35.1 Å². The van der Waals surface area contributed by atoms with Crippen LogP contribution in [0.25, 0.3) is 6.08 Å². The van der Waals surface area contributed by atoms with Crippen LogP contribution in [0.3, 0.4) is 0 Å². The highest BCUT2D eigenvalue weighted by atomic mass is 35.5. The molecule has 2 N–H and O–H groups in total. The second-order valence-corrected chi connectivity index (χ2v) is 9.51. The van der Waals surface area contributed by atoms with E-state index < -0.39 is 0 Å². The number of methoxy groups -OCH3 is 1. The Bertz CT molecular complexity index is 1330. The van der Waals surface area contributed by atoms with Gasteiger partial charge in [-0.25, -0.2) is 0 Å². The van der Waals surface area contributed by atoms with Crippen molar-refractivity contribution in [2.24, 2.45) is 4.99 Å². The highest BCUT2D eigenvalue weighted by Gasteiger charge is 2.11. The number of amides is 1. The van der Waals surface area contributed by atoms with Gasteiger partial charge in [0.25, 0.3) is 5.91 Å². The summed E-state index contributed by atoms with van der Waals surface area (Å²) in [6, 6.07) is 19.5. The van der Waals surface area contributed by atoms with E-state index in [1.807, 2.05) is 12.1 Å². The summed E-state index contributed by atoms with van der Waals surface area (Å²) in [6.45, 7) is 0.625. The van der Waals surface area contributed by atoms with Crippen molar-refractivity contribution < 1.29 is 19.1 Å². The fourth-order valence-corrected chi connectivity index (χ4v) is 4.47. The molecule has 3 aromatic carbocycles. The van der Waals surface area contributed by atoms with Gasteiger partial charge in [0.2, 0.25) is 0 Å². The van der Waals surface area contributed by atoms with Gasteiger partial charge in [0, 0.05) is 23.5 Å². The minimum Gasteiger partial charge on any atom is -0.493 e. The Balaban J connectivity index is 1.33. The number of hydrogen-bond donors (Lipinski definition) is 2. The van der Waals surface area contributed by atoms with Crippen LogP contribution in [0.15, 0.2) is 77.8 Å². The van der Waals surface area contributed by atoms with Crippen molar-refractivity contribution in [2.45, 2.75) is 6.42 Å². The van der Waals surface area contributed by atoms with Crippen LogP contribution in [-0.4, -0.2) is 42.9 Å². The number of halogens is 1. The zero-order chi connectivity index (χ0) is 26.0. The maximum absolute atomic E-state index is 12.6. The van der Waals surface area contributed by atoms with Crippen molar-refractivity contribution in [3.8, 4) is 11.5 Å². The average Bonchev–Trinajstić information content (AvgIpc) is 2.93. The van der Waals surface area contributed by atoms with Gasteiger partial charge in [-0.15, -0.1) is 0 Å². The quantitative estimate of drug-likeness (QED) is 0.252. The number of ether oxygens (including phenoxy) is 2. The lowest BCUT2D eigenvalue weighted by Gasteiger charge is -2.13. The number of nitrogens with zero attached hydrogens (tertiary/aromatic N) is 1. The number of aliphatic imine (C=N–C) groups is 1. The number of allylic oxidation sites excluding steroid dienone is 1. The molecule has 0 spiro atoms. The Hall–Kier alpha value is -3.75. The van der Waals surface area contributed by atoms with E-state index >= 15 is 0 Å². The van der Waals surface area contributed by atoms with E-state index in [2.05, 4.69) is 15.6 Å². The van der Waals surface area contributed by atoms with Gasteiger partial charge in [-0.3, -0.25) is 14.6 Å². The van der Waals surface area contributed by atoms with E-state index in [1.165, 1.54) is 13.2 Å². The molecule has 0 fully saturated rings. The third-order valence-electron chi connectivity index (χ3n) is 5.34. The first-order chi connectivity index (χ1) is 18.0. The molecule has 1 amide bonds. The highest BCUT2D eigenvalue weighted by molar-refractivity contribution is 8.14. The molecule has 0 radical (unpaired) electrons. The summed E-state index contributed by atoms with van der Waals surface area (Å²) in [5.74, 6) is 1.44. The number of amidine groups is 1. The SMILES string of the molecule is COc1cc(/C=C/C(=O)c2ccc(NC3=NCCCS3)cc2)ccc1OCC(=O)Nc1ccccc1Cl. The van der Waals surface area contributed by atoms with Crippen LogP contribution < -0.4 is 20.1 Å². The molecule has 0 aliphatic carbocycles. The fourth-order valence-electron chi connectivity index (χ4n) is 3.44. The molecule has 0 bridgehead atoms. The van der Waals surface area contributed by atoms with Gasteiger partial charge in [0.1, 0.15) is 0 Å². The van der Waals surface area contributed by atoms with Gasteiger partial charge >= 0.3 is 0 Å². The van der Waals surface area contributed by atoms with E-state index in [9.17, 15) is 9.59 Å². The first kappa shape index (κ1) is 26.3. The normalized spacial score (nSPS) is 13.1. The molecule has 0 saturated carbocycles. The molecule has 7 nitrogen and oxygen atoms in total. The molecule has 1 heterocycles. The van der Waals surface area contributed by atoms with Crippen LogP contribution in [0.4, 0.5) is 11.4 Å². The molecule has 0 atom stereocenters. The molecule has 37 heavy (non-hydrogen) atoms. The Labute approximate surface area is 224 Å². The second-order valence-electron chi connectivity index (χ2n) is 8.02. The Kier molecular flexibility index (Phi) is 9.24. The van der Waals surface area contributed by atoms with Crippen LogP contribution in [0, 0.1) is 0 Å². The molecule has 1 aliphatic heterocycles. The molecule has 190 valence electrons. The fraction of sp³-hybridized carbons (Fsp3) is 0.179. The molecule has 0 unspecified atom stereocenters. The smallest absolute Gasteiger partial charge is 0.262 e. The number of thioether (sulfide) groups is 1. The van der Waals surface area contributed by atoms with Gasteiger partial charge in [-0.05, 0) is 66.6 Å². The van der Waals surface area contributed by atoms with Crippen LogP contribution in [0.5, 0.6) is 11.5 Å². The van der Waals surface area contributed by atoms with Crippen molar-refractivity contribution in [3.05, 3.63) is 89.0 Å². The first-order valence-electron chi connectivity index (χ1n) is 11.6. The van der Waals surface area contributed by atoms with Gasteiger partial charge in [-0.1, -0.05) is 47.6 Å². The number of carbonyl (C=O) groups excluding carboxylic acids is 2. The number of benzene rings is 3. The Morgan fingerprint density at radius 3 is 2.62 bits per heavy atom. The third kappa shape index (κ3) is 7.62. The third-order valence-corrected chi connectivity index (χ3v) is 6.67. The number of nitrogens with one attached hydrogen (secondary N) is 2. The summed E-state index contributed by atoms with van der Waals surface area (Å²) in [6.07, 6.45) is 4.31. The van der Waals surface area contributed by atoms with Crippen molar-refractivity contribution in [2.75, 3.05) is 36.6 Å². The molecular weight excluding hydrogens is 510 g/mol. The van der Waals surface area contributed by atoms with Gasteiger partial charge < -0.3 is 20.1 Å². The summed E-state index contributed by atoms with van der Waals surface area (Å²) in [7, 11) is 1.51. The standard InChI is InChI=1S/C28H26ClN3O4S/c1-35-26-17-19(8-14-25(26)36-18-27(34)32-23-6-3-2-5-22(23)29)7-13-24(33)20-9-11-21(12-10-20)31-28-30-15-4-16-37-28/h2-3,5-14,17H,4,15-16,18H2,1H3,(H,30,31)(H,32,34)/b13-7+. The molecule has 0 saturated heterocycles.